The van der Waals surface area contributed by atoms with Crippen LogP contribution in [0.15, 0.2) is 30.9 Å². The van der Waals surface area contributed by atoms with Gasteiger partial charge in [-0.3, -0.25) is 4.79 Å². The SMILES string of the molecule is C=CCOC(=O)[C@H](C)Nc1c(C)cccc1CC.NCC(=O)O. The second kappa shape index (κ2) is 11.3. The lowest BCUT2D eigenvalue weighted by Gasteiger charge is -2.18. The van der Waals surface area contributed by atoms with Crippen molar-refractivity contribution >= 4 is 17.6 Å². The Balaban J connectivity index is 0.000000841. The monoisotopic (exact) mass is 322 g/mol. The first-order valence-electron chi connectivity index (χ1n) is 7.41. The number of nitrogens with two attached hydrogens (primary N) is 1. The molecule has 0 radical (unpaired) electrons. The molecule has 0 aliphatic carbocycles. The van der Waals surface area contributed by atoms with E-state index in [9.17, 15) is 9.59 Å². The normalized spacial score (nSPS) is 10.8. The number of hydrogen-bond acceptors (Lipinski definition) is 5. The van der Waals surface area contributed by atoms with Crippen molar-refractivity contribution in [1.29, 1.82) is 0 Å². The Morgan fingerprint density at radius 1 is 1.48 bits per heavy atom. The topological polar surface area (TPSA) is 102 Å². The van der Waals surface area contributed by atoms with E-state index < -0.39 is 5.97 Å². The molecular formula is C17H26N2O4. The zero-order valence-corrected chi connectivity index (χ0v) is 14.0. The van der Waals surface area contributed by atoms with Crippen LogP contribution in [0.3, 0.4) is 0 Å². The van der Waals surface area contributed by atoms with Gasteiger partial charge in [-0.15, -0.1) is 0 Å². The average Bonchev–Trinajstić information content (AvgIpc) is 2.54. The second-order valence-corrected chi connectivity index (χ2v) is 4.85. The predicted molar refractivity (Wildman–Crippen MR) is 91.5 cm³/mol. The quantitative estimate of drug-likeness (QED) is 0.525. The lowest BCUT2D eigenvalue weighted by Crippen LogP contribution is -2.29. The molecule has 0 saturated carbocycles. The standard InChI is InChI=1S/C15H21NO2.C2H5NO2/c1-5-10-18-15(17)12(4)16-14-11(3)8-7-9-13(14)6-2;3-1-2(4)5/h5,7-9,12,16H,1,6,10H2,2-4H3;1,3H2,(H,4,5)/t12-;/m0./s1. The summed E-state index contributed by atoms with van der Waals surface area (Å²) in [7, 11) is 0. The molecule has 0 aliphatic heterocycles. The molecule has 6 heteroatoms. The highest BCUT2D eigenvalue weighted by Crippen LogP contribution is 2.22. The Kier molecular flexibility index (Phi) is 10.1. The van der Waals surface area contributed by atoms with Crippen LogP contribution in [0.25, 0.3) is 0 Å². The Hall–Kier alpha value is -2.34. The van der Waals surface area contributed by atoms with Gasteiger partial charge in [-0.2, -0.15) is 0 Å². The van der Waals surface area contributed by atoms with E-state index >= 15 is 0 Å². The summed E-state index contributed by atoms with van der Waals surface area (Å²) in [5.74, 6) is -1.23. The number of ether oxygens (including phenoxy) is 1. The first-order chi connectivity index (χ1) is 10.9. The van der Waals surface area contributed by atoms with E-state index in [4.69, 9.17) is 9.84 Å². The maximum absolute atomic E-state index is 11.7. The molecule has 0 heterocycles. The molecule has 1 aromatic carbocycles. The maximum atomic E-state index is 11.7. The highest BCUT2D eigenvalue weighted by atomic mass is 16.5. The summed E-state index contributed by atoms with van der Waals surface area (Å²) in [6.07, 6.45) is 2.49. The fourth-order valence-corrected chi connectivity index (χ4v) is 1.77. The smallest absolute Gasteiger partial charge is 0.328 e. The van der Waals surface area contributed by atoms with Crippen LogP contribution in [-0.2, 0) is 20.7 Å². The van der Waals surface area contributed by atoms with Gasteiger partial charge < -0.3 is 20.9 Å². The molecule has 1 atom stereocenters. The van der Waals surface area contributed by atoms with E-state index in [1.54, 1.807) is 13.0 Å². The Labute approximate surface area is 137 Å². The highest BCUT2D eigenvalue weighted by molar-refractivity contribution is 5.79. The number of para-hydroxylation sites is 1. The number of carbonyl (C=O) groups excluding carboxylic acids is 1. The molecule has 1 aromatic rings. The van der Waals surface area contributed by atoms with Gasteiger partial charge in [0.05, 0.1) is 6.54 Å². The molecular weight excluding hydrogens is 296 g/mol. The summed E-state index contributed by atoms with van der Waals surface area (Å²) in [4.78, 5) is 20.9. The number of aryl methyl sites for hydroxylation is 2. The molecule has 4 N–H and O–H groups in total. The Bertz CT molecular complexity index is 529. The van der Waals surface area contributed by atoms with E-state index in [0.29, 0.717) is 0 Å². The van der Waals surface area contributed by atoms with Gasteiger partial charge in [-0.25, -0.2) is 4.79 Å². The number of aliphatic carboxylic acids is 1. The molecule has 1 rings (SSSR count). The van der Waals surface area contributed by atoms with Gasteiger partial charge in [-0.05, 0) is 31.4 Å². The molecule has 0 saturated heterocycles. The molecule has 0 unspecified atom stereocenters. The van der Waals surface area contributed by atoms with Crippen molar-refractivity contribution in [3.8, 4) is 0 Å². The van der Waals surface area contributed by atoms with Gasteiger partial charge >= 0.3 is 11.9 Å². The second-order valence-electron chi connectivity index (χ2n) is 4.85. The molecule has 0 amide bonds. The van der Waals surface area contributed by atoms with E-state index in [1.807, 2.05) is 19.1 Å². The zero-order valence-electron chi connectivity index (χ0n) is 14.0. The van der Waals surface area contributed by atoms with E-state index in [0.717, 1.165) is 17.7 Å². The molecule has 128 valence electrons. The van der Waals surface area contributed by atoms with Gasteiger partial charge in [0.1, 0.15) is 12.6 Å². The minimum atomic E-state index is -0.968. The van der Waals surface area contributed by atoms with Gasteiger partial charge in [-0.1, -0.05) is 37.8 Å². The minimum absolute atomic E-state index is 0.249. The van der Waals surface area contributed by atoms with Crippen LogP contribution in [-0.4, -0.2) is 36.2 Å². The van der Waals surface area contributed by atoms with Gasteiger partial charge in [0.25, 0.3) is 0 Å². The maximum Gasteiger partial charge on any atom is 0.328 e. The summed E-state index contributed by atoms with van der Waals surface area (Å²) in [6.45, 7) is 9.42. The summed E-state index contributed by atoms with van der Waals surface area (Å²) in [5, 5.41) is 10.8. The largest absolute Gasteiger partial charge is 0.480 e. The predicted octanol–water partition coefficient (Wildman–Crippen LogP) is 2.12. The van der Waals surface area contributed by atoms with Crippen molar-refractivity contribution in [1.82, 2.24) is 0 Å². The van der Waals surface area contributed by atoms with Crippen LogP contribution < -0.4 is 11.1 Å². The molecule has 6 nitrogen and oxygen atoms in total. The highest BCUT2D eigenvalue weighted by Gasteiger charge is 2.15. The summed E-state index contributed by atoms with van der Waals surface area (Å²) < 4.78 is 5.02. The van der Waals surface area contributed by atoms with Crippen molar-refractivity contribution in [2.75, 3.05) is 18.5 Å². The fraction of sp³-hybridized carbons (Fsp3) is 0.412. The number of hydrogen-bond donors (Lipinski definition) is 3. The fourth-order valence-electron chi connectivity index (χ4n) is 1.77. The third-order valence-corrected chi connectivity index (χ3v) is 2.97. The van der Waals surface area contributed by atoms with Crippen molar-refractivity contribution in [2.45, 2.75) is 33.2 Å². The number of carbonyl (C=O) groups is 2. The first-order valence-corrected chi connectivity index (χ1v) is 7.41. The van der Waals surface area contributed by atoms with Crippen molar-refractivity contribution in [3.63, 3.8) is 0 Å². The van der Waals surface area contributed by atoms with Crippen LogP contribution in [0.4, 0.5) is 5.69 Å². The van der Waals surface area contributed by atoms with Gasteiger partial charge in [0.15, 0.2) is 0 Å². The number of nitrogens with one attached hydrogen (secondary N) is 1. The number of carboxylic acids is 1. The van der Waals surface area contributed by atoms with Crippen molar-refractivity contribution in [2.24, 2.45) is 5.73 Å². The van der Waals surface area contributed by atoms with Gasteiger partial charge in [0.2, 0.25) is 0 Å². The van der Waals surface area contributed by atoms with Gasteiger partial charge in [0, 0.05) is 5.69 Å². The Morgan fingerprint density at radius 2 is 2.09 bits per heavy atom. The summed E-state index contributed by atoms with van der Waals surface area (Å²) in [6, 6.07) is 5.76. The number of anilines is 1. The van der Waals surface area contributed by atoms with Crippen molar-refractivity contribution < 1.29 is 19.4 Å². The van der Waals surface area contributed by atoms with Crippen LogP contribution in [0.1, 0.15) is 25.0 Å². The first kappa shape index (κ1) is 20.7. The van der Waals surface area contributed by atoms with E-state index in [2.05, 4.69) is 30.6 Å². The lowest BCUT2D eigenvalue weighted by molar-refractivity contribution is -0.143. The van der Waals surface area contributed by atoms with Crippen LogP contribution in [0.2, 0.25) is 0 Å². The third-order valence-electron chi connectivity index (χ3n) is 2.97. The number of rotatable bonds is 7. The van der Waals surface area contributed by atoms with Crippen molar-refractivity contribution in [3.05, 3.63) is 42.0 Å². The van der Waals surface area contributed by atoms with E-state index in [1.165, 1.54) is 5.56 Å². The number of benzene rings is 1. The number of esters is 1. The lowest BCUT2D eigenvalue weighted by atomic mass is 10.1. The minimum Gasteiger partial charge on any atom is -0.480 e. The average molecular weight is 322 g/mol. The summed E-state index contributed by atoms with van der Waals surface area (Å²) >= 11 is 0. The molecule has 0 bridgehead atoms. The molecule has 0 aromatic heterocycles. The molecule has 23 heavy (non-hydrogen) atoms. The van der Waals surface area contributed by atoms with E-state index in [-0.39, 0.29) is 25.2 Å². The van der Waals surface area contributed by atoms with Crippen LogP contribution in [0, 0.1) is 6.92 Å². The third kappa shape index (κ3) is 8.01. The zero-order chi connectivity index (χ0) is 17.8. The molecule has 0 fully saturated rings. The summed E-state index contributed by atoms with van der Waals surface area (Å²) in [5.41, 5.74) is 7.95. The number of carboxylic acid groups (broad SMARTS) is 1. The molecule has 0 spiro atoms. The molecule has 0 aliphatic rings. The van der Waals surface area contributed by atoms with Crippen LogP contribution in [0.5, 0.6) is 0 Å². The van der Waals surface area contributed by atoms with Crippen LogP contribution >= 0.6 is 0 Å². The Morgan fingerprint density at radius 3 is 2.57 bits per heavy atom.